The van der Waals surface area contributed by atoms with Crippen LogP contribution in [0.4, 0.5) is 0 Å². The summed E-state index contributed by atoms with van der Waals surface area (Å²) in [7, 11) is 0. The number of amides is 2. The van der Waals surface area contributed by atoms with Crippen LogP contribution in [0.2, 0.25) is 0 Å². The van der Waals surface area contributed by atoms with Gasteiger partial charge in [-0.05, 0) is 50.5 Å². The van der Waals surface area contributed by atoms with Crippen LogP contribution in [0.15, 0.2) is 30.3 Å². The van der Waals surface area contributed by atoms with E-state index in [1.165, 1.54) is 12.0 Å². The lowest BCUT2D eigenvalue weighted by molar-refractivity contribution is -0.147. The predicted molar refractivity (Wildman–Crippen MR) is 104 cm³/mol. The zero-order valence-corrected chi connectivity index (χ0v) is 16.1. The van der Waals surface area contributed by atoms with Gasteiger partial charge in [-0.3, -0.25) is 9.59 Å². The maximum atomic E-state index is 13.6. The fourth-order valence-corrected chi connectivity index (χ4v) is 5.87. The fraction of sp³-hybridized carbons (Fsp3) is 0.652. The molecule has 4 aliphatic rings. The first-order valence-corrected chi connectivity index (χ1v) is 10.9. The zero-order valence-electron chi connectivity index (χ0n) is 16.1. The van der Waals surface area contributed by atoms with Crippen molar-refractivity contribution in [3.8, 4) is 0 Å². The molecule has 27 heavy (non-hydrogen) atoms. The number of carbonyl (C=O) groups excluding carboxylic acids is 2. The monoisotopic (exact) mass is 366 g/mol. The van der Waals surface area contributed by atoms with Crippen LogP contribution in [0.1, 0.15) is 75.7 Å². The first-order chi connectivity index (χ1) is 13.2. The summed E-state index contributed by atoms with van der Waals surface area (Å²) in [6, 6.07) is 10.7. The van der Waals surface area contributed by atoms with Crippen molar-refractivity contribution in [3.63, 3.8) is 0 Å². The third-order valence-corrected chi connectivity index (χ3v) is 7.47. The maximum absolute atomic E-state index is 13.6. The van der Waals surface area contributed by atoms with Gasteiger partial charge in [-0.15, -0.1) is 0 Å². The Morgan fingerprint density at radius 2 is 1.81 bits per heavy atom. The molecule has 4 fully saturated rings. The first-order valence-electron chi connectivity index (χ1n) is 10.9. The topological polar surface area (TPSA) is 40.6 Å². The number of nitrogens with zero attached hydrogens (tertiary/aromatic N) is 2. The summed E-state index contributed by atoms with van der Waals surface area (Å²) in [6.07, 6.45) is 10.2. The van der Waals surface area contributed by atoms with Crippen LogP contribution in [-0.4, -0.2) is 45.8 Å². The molecular weight excluding hydrogens is 336 g/mol. The molecule has 3 saturated heterocycles. The fourth-order valence-electron chi connectivity index (χ4n) is 5.87. The third kappa shape index (κ3) is 2.97. The second kappa shape index (κ2) is 6.65. The molecule has 5 rings (SSSR count). The number of fused-ring (bicyclic) bond motifs is 1. The van der Waals surface area contributed by atoms with Crippen molar-refractivity contribution in [1.29, 1.82) is 0 Å². The minimum absolute atomic E-state index is 0.0848. The van der Waals surface area contributed by atoms with E-state index < -0.39 is 0 Å². The summed E-state index contributed by atoms with van der Waals surface area (Å²) in [4.78, 5) is 30.6. The highest BCUT2D eigenvalue weighted by Gasteiger charge is 2.58. The first kappa shape index (κ1) is 17.3. The molecule has 3 atom stereocenters. The summed E-state index contributed by atoms with van der Waals surface area (Å²) >= 11 is 0. The lowest BCUT2D eigenvalue weighted by atomic mass is 9.96. The highest BCUT2D eigenvalue weighted by molar-refractivity contribution is 5.89. The van der Waals surface area contributed by atoms with Crippen molar-refractivity contribution < 1.29 is 9.59 Å². The molecule has 3 heterocycles. The van der Waals surface area contributed by atoms with E-state index in [0.717, 1.165) is 57.9 Å². The van der Waals surface area contributed by atoms with Crippen molar-refractivity contribution in [1.82, 2.24) is 9.80 Å². The number of carbonyl (C=O) groups is 2. The van der Waals surface area contributed by atoms with Crippen molar-refractivity contribution in [2.75, 3.05) is 6.54 Å². The van der Waals surface area contributed by atoms with Crippen molar-refractivity contribution in [3.05, 3.63) is 35.9 Å². The summed E-state index contributed by atoms with van der Waals surface area (Å²) < 4.78 is 0. The Morgan fingerprint density at radius 3 is 2.59 bits per heavy atom. The van der Waals surface area contributed by atoms with Crippen LogP contribution >= 0.6 is 0 Å². The van der Waals surface area contributed by atoms with Gasteiger partial charge < -0.3 is 9.80 Å². The lowest BCUT2D eigenvalue weighted by Crippen LogP contribution is -2.52. The third-order valence-electron chi connectivity index (χ3n) is 7.47. The second-order valence-corrected chi connectivity index (χ2v) is 9.13. The van der Waals surface area contributed by atoms with Gasteiger partial charge >= 0.3 is 0 Å². The Labute approximate surface area is 161 Å². The SMILES string of the molecule is O=C1CCCCC[C@H]2CC[C@@H](C(=O)N3C[C@H](c4ccccc4)CC34CC4)N12. The molecule has 1 aromatic carbocycles. The van der Waals surface area contributed by atoms with E-state index in [1.807, 2.05) is 4.90 Å². The molecule has 4 heteroatoms. The summed E-state index contributed by atoms with van der Waals surface area (Å²) in [6.45, 7) is 0.825. The Morgan fingerprint density at radius 1 is 1.00 bits per heavy atom. The molecule has 0 bridgehead atoms. The molecule has 0 radical (unpaired) electrons. The van der Waals surface area contributed by atoms with E-state index in [0.29, 0.717) is 18.4 Å². The Kier molecular flexibility index (Phi) is 4.25. The van der Waals surface area contributed by atoms with Crippen molar-refractivity contribution in [2.45, 2.75) is 87.7 Å². The van der Waals surface area contributed by atoms with E-state index in [1.54, 1.807) is 0 Å². The molecule has 1 aromatic rings. The number of likely N-dealkylation sites (tertiary alicyclic amines) is 1. The molecule has 1 spiro atoms. The largest absolute Gasteiger partial charge is 0.335 e. The van der Waals surface area contributed by atoms with Crippen molar-refractivity contribution in [2.24, 2.45) is 0 Å². The summed E-state index contributed by atoms with van der Waals surface area (Å²) in [5.74, 6) is 0.902. The summed E-state index contributed by atoms with van der Waals surface area (Å²) in [5, 5.41) is 0. The molecule has 1 saturated carbocycles. The molecule has 3 aliphatic heterocycles. The lowest BCUT2D eigenvalue weighted by Gasteiger charge is -2.35. The molecule has 0 aromatic heterocycles. The number of rotatable bonds is 2. The normalized spacial score (nSPS) is 32.3. The Bertz CT molecular complexity index is 727. The van der Waals surface area contributed by atoms with Gasteiger partial charge in [0.15, 0.2) is 0 Å². The quantitative estimate of drug-likeness (QED) is 0.797. The highest BCUT2D eigenvalue weighted by Crippen LogP contribution is 2.54. The maximum Gasteiger partial charge on any atom is 0.245 e. The van der Waals surface area contributed by atoms with Gasteiger partial charge in [0, 0.05) is 30.5 Å². The van der Waals surface area contributed by atoms with Gasteiger partial charge in [0.1, 0.15) is 6.04 Å². The van der Waals surface area contributed by atoms with Crippen LogP contribution in [-0.2, 0) is 9.59 Å². The van der Waals surface area contributed by atoms with E-state index >= 15 is 0 Å². The van der Waals surface area contributed by atoms with Crippen LogP contribution in [0.3, 0.4) is 0 Å². The van der Waals surface area contributed by atoms with E-state index in [9.17, 15) is 9.59 Å². The van der Waals surface area contributed by atoms with Crippen molar-refractivity contribution >= 4 is 11.8 Å². The number of benzene rings is 1. The van der Waals surface area contributed by atoms with Gasteiger partial charge in [0.05, 0.1) is 0 Å². The number of hydrogen-bond donors (Lipinski definition) is 0. The van der Waals surface area contributed by atoms with E-state index in [2.05, 4.69) is 35.2 Å². The van der Waals surface area contributed by atoms with Gasteiger partial charge in [-0.25, -0.2) is 0 Å². The Hall–Kier alpha value is -1.84. The second-order valence-electron chi connectivity index (χ2n) is 9.13. The molecule has 144 valence electrons. The average molecular weight is 367 g/mol. The zero-order chi connectivity index (χ0) is 18.4. The van der Waals surface area contributed by atoms with Crippen LogP contribution in [0, 0.1) is 0 Å². The standard InChI is InChI=1S/C23H30N2O2/c26-21-10-6-2-5-9-19-11-12-20(25(19)21)22(27)24-16-18(15-23(24)13-14-23)17-7-3-1-4-8-17/h1,3-4,7-8,18-20H,2,5-6,9-16H2/t18-,19+,20+/m1/s1. The predicted octanol–water partition coefficient (Wildman–Crippen LogP) is 3.86. The van der Waals surface area contributed by atoms with Crippen LogP contribution in [0.5, 0.6) is 0 Å². The summed E-state index contributed by atoms with van der Waals surface area (Å²) in [5.41, 5.74) is 1.44. The molecule has 0 unspecified atom stereocenters. The average Bonchev–Trinajstić information content (AvgIpc) is 3.16. The van der Waals surface area contributed by atoms with Crippen LogP contribution in [0.25, 0.3) is 0 Å². The van der Waals surface area contributed by atoms with Gasteiger partial charge in [-0.1, -0.05) is 43.2 Å². The molecule has 2 amide bonds. The Balaban J connectivity index is 1.36. The number of hydrogen-bond acceptors (Lipinski definition) is 2. The van der Waals surface area contributed by atoms with Gasteiger partial charge in [0.25, 0.3) is 0 Å². The minimum Gasteiger partial charge on any atom is -0.335 e. The molecule has 1 aliphatic carbocycles. The van der Waals surface area contributed by atoms with Gasteiger partial charge in [-0.2, -0.15) is 0 Å². The molecular formula is C23H30N2O2. The highest BCUT2D eigenvalue weighted by atomic mass is 16.2. The molecule has 0 N–H and O–H groups in total. The van der Waals surface area contributed by atoms with Crippen LogP contribution < -0.4 is 0 Å². The van der Waals surface area contributed by atoms with E-state index in [4.69, 9.17) is 0 Å². The van der Waals surface area contributed by atoms with Gasteiger partial charge in [0.2, 0.25) is 11.8 Å². The minimum atomic E-state index is -0.201. The molecule has 4 nitrogen and oxygen atoms in total. The smallest absolute Gasteiger partial charge is 0.245 e. The van der Waals surface area contributed by atoms with E-state index in [-0.39, 0.29) is 23.4 Å².